The molecule has 1 aliphatic rings. The van der Waals surface area contributed by atoms with E-state index in [1.807, 2.05) is 13.8 Å². The highest BCUT2D eigenvalue weighted by Crippen LogP contribution is 2.36. The van der Waals surface area contributed by atoms with E-state index in [-0.39, 0.29) is 11.8 Å². The van der Waals surface area contributed by atoms with Crippen molar-refractivity contribution in [1.29, 1.82) is 0 Å². The van der Waals surface area contributed by atoms with Crippen LogP contribution in [0.1, 0.15) is 30.8 Å². The third-order valence-corrected chi connectivity index (χ3v) is 4.61. The molecule has 0 atom stereocenters. The van der Waals surface area contributed by atoms with Crippen LogP contribution in [0.4, 0.5) is 11.5 Å². The summed E-state index contributed by atoms with van der Waals surface area (Å²) in [5.41, 5.74) is 0.947. The maximum Gasteiger partial charge on any atom is 0.276 e. The van der Waals surface area contributed by atoms with Gasteiger partial charge in [-0.3, -0.25) is 19.2 Å². The van der Waals surface area contributed by atoms with Crippen LogP contribution in [-0.2, 0) is 11.8 Å². The summed E-state index contributed by atoms with van der Waals surface area (Å²) in [6.07, 6.45) is 5.49. The number of anilines is 2. The van der Waals surface area contributed by atoms with Gasteiger partial charge in [0.25, 0.3) is 5.91 Å². The Kier molecular flexibility index (Phi) is 3.53. The van der Waals surface area contributed by atoms with Crippen LogP contribution >= 0.6 is 0 Å². The van der Waals surface area contributed by atoms with Gasteiger partial charge in [0.15, 0.2) is 17.2 Å². The molecular formula is C17H19N7O2. The predicted molar refractivity (Wildman–Crippen MR) is 94.9 cm³/mol. The van der Waals surface area contributed by atoms with Crippen LogP contribution in [0.5, 0.6) is 0 Å². The molecule has 0 saturated carbocycles. The maximum atomic E-state index is 12.7. The number of aromatic nitrogens is 5. The Hall–Kier alpha value is -3.23. The van der Waals surface area contributed by atoms with Gasteiger partial charge in [0.2, 0.25) is 5.91 Å². The Balaban J connectivity index is 1.65. The molecule has 1 N–H and O–H groups in total. The minimum atomic E-state index is -0.426. The van der Waals surface area contributed by atoms with Crippen molar-refractivity contribution in [2.24, 2.45) is 12.5 Å². The smallest absolute Gasteiger partial charge is 0.276 e. The molecule has 1 saturated heterocycles. The molecule has 3 aromatic heterocycles. The van der Waals surface area contributed by atoms with E-state index in [2.05, 4.69) is 20.5 Å². The number of rotatable bonds is 3. The second-order valence-electron chi connectivity index (χ2n) is 7.02. The van der Waals surface area contributed by atoms with Gasteiger partial charge in [-0.05, 0) is 18.6 Å². The molecule has 1 aliphatic heterocycles. The number of nitrogens with one attached hydrogen (secondary N) is 1. The van der Waals surface area contributed by atoms with Gasteiger partial charge in [-0.1, -0.05) is 13.8 Å². The fourth-order valence-electron chi connectivity index (χ4n) is 3.10. The molecule has 4 heterocycles. The average molecular weight is 353 g/mol. The highest BCUT2D eigenvalue weighted by molar-refractivity contribution is 6.07. The molecular weight excluding hydrogens is 334 g/mol. The largest absolute Gasteiger partial charge is 0.316 e. The van der Waals surface area contributed by atoms with Crippen molar-refractivity contribution in [3.05, 3.63) is 36.4 Å². The van der Waals surface area contributed by atoms with E-state index in [1.54, 1.807) is 41.2 Å². The summed E-state index contributed by atoms with van der Waals surface area (Å²) in [6, 6.07) is 3.52. The molecule has 3 aromatic rings. The van der Waals surface area contributed by atoms with Gasteiger partial charge < -0.3 is 5.32 Å². The second kappa shape index (κ2) is 5.65. The van der Waals surface area contributed by atoms with E-state index in [4.69, 9.17) is 0 Å². The molecule has 1 fully saturated rings. The van der Waals surface area contributed by atoms with Crippen molar-refractivity contribution in [3.63, 3.8) is 0 Å². The Morgan fingerprint density at radius 3 is 2.88 bits per heavy atom. The highest BCUT2D eigenvalue weighted by Gasteiger charge is 2.41. The normalized spacial score (nSPS) is 16.4. The number of hydrogen-bond acceptors (Lipinski definition) is 5. The van der Waals surface area contributed by atoms with Crippen molar-refractivity contribution >= 4 is 29.0 Å². The number of imidazole rings is 1. The van der Waals surface area contributed by atoms with Crippen molar-refractivity contribution in [3.8, 4) is 0 Å². The summed E-state index contributed by atoms with van der Waals surface area (Å²) < 4.78 is 3.05. The number of amides is 2. The van der Waals surface area contributed by atoms with E-state index >= 15 is 0 Å². The van der Waals surface area contributed by atoms with Crippen LogP contribution in [0.25, 0.3) is 5.65 Å². The summed E-state index contributed by atoms with van der Waals surface area (Å²) in [7, 11) is 1.75. The van der Waals surface area contributed by atoms with Crippen molar-refractivity contribution < 1.29 is 9.59 Å². The van der Waals surface area contributed by atoms with Crippen LogP contribution < -0.4 is 10.2 Å². The summed E-state index contributed by atoms with van der Waals surface area (Å²) in [5.74, 6) is 0.0951. The minimum absolute atomic E-state index is 0.00293. The number of aryl methyl sites for hydroxylation is 1. The Bertz CT molecular complexity index is 1020. The first kappa shape index (κ1) is 16.2. The van der Waals surface area contributed by atoms with Crippen LogP contribution in [0, 0.1) is 5.41 Å². The zero-order valence-corrected chi connectivity index (χ0v) is 14.8. The first-order chi connectivity index (χ1) is 12.4. The molecule has 9 heteroatoms. The highest BCUT2D eigenvalue weighted by atomic mass is 16.2. The molecule has 0 spiro atoms. The third-order valence-electron chi connectivity index (χ3n) is 4.61. The second-order valence-corrected chi connectivity index (χ2v) is 7.02. The van der Waals surface area contributed by atoms with Gasteiger partial charge in [0, 0.05) is 25.2 Å². The summed E-state index contributed by atoms with van der Waals surface area (Å²) >= 11 is 0. The quantitative estimate of drug-likeness (QED) is 0.769. The van der Waals surface area contributed by atoms with Gasteiger partial charge in [-0.2, -0.15) is 10.2 Å². The van der Waals surface area contributed by atoms with Gasteiger partial charge in [0.05, 0.1) is 12.4 Å². The lowest BCUT2D eigenvalue weighted by atomic mass is 9.92. The van der Waals surface area contributed by atoms with Crippen LogP contribution in [0.15, 0.2) is 30.7 Å². The van der Waals surface area contributed by atoms with Crippen LogP contribution in [-0.4, -0.2) is 42.7 Å². The predicted octanol–water partition coefficient (Wildman–Crippen LogP) is 1.48. The number of fused-ring (bicyclic) bond motifs is 1. The van der Waals surface area contributed by atoms with Crippen molar-refractivity contribution in [2.45, 2.75) is 20.3 Å². The summed E-state index contributed by atoms with van der Waals surface area (Å²) in [4.78, 5) is 31.1. The molecule has 0 bridgehead atoms. The van der Waals surface area contributed by atoms with Crippen LogP contribution in [0.2, 0.25) is 0 Å². The van der Waals surface area contributed by atoms with E-state index in [0.717, 1.165) is 6.42 Å². The lowest BCUT2D eigenvalue weighted by molar-refractivity contribution is -0.124. The van der Waals surface area contributed by atoms with Gasteiger partial charge in [-0.15, -0.1) is 0 Å². The topological polar surface area (TPSA) is 97.4 Å². The van der Waals surface area contributed by atoms with E-state index in [0.29, 0.717) is 29.4 Å². The number of nitrogens with zero attached hydrogens (tertiary/aromatic N) is 6. The summed E-state index contributed by atoms with van der Waals surface area (Å²) in [6.45, 7) is 4.41. The first-order valence-electron chi connectivity index (χ1n) is 8.32. The average Bonchev–Trinajstić information content (AvgIpc) is 3.25. The SMILES string of the molecule is Cn1cc(NC(=O)c2cnc3cccnn23)c(N2CCC(C)(C)C2=O)n1. The molecule has 9 nitrogen and oxygen atoms in total. The molecule has 0 radical (unpaired) electrons. The standard InChI is InChI=1S/C17H19N7O2/c1-17(2)6-8-23(16(17)26)14-11(10-22(3)21-14)20-15(25)12-9-18-13-5-4-7-19-24(12)13/h4-5,7,9-10H,6,8H2,1-3H3,(H,20,25). The van der Waals surface area contributed by atoms with Crippen LogP contribution in [0.3, 0.4) is 0 Å². The maximum absolute atomic E-state index is 12.7. The molecule has 2 amide bonds. The number of carbonyl (C=O) groups is 2. The molecule has 0 aromatic carbocycles. The fourth-order valence-corrected chi connectivity index (χ4v) is 3.10. The Morgan fingerprint density at radius 1 is 1.35 bits per heavy atom. The van der Waals surface area contributed by atoms with Crippen molar-refractivity contribution in [1.82, 2.24) is 24.4 Å². The van der Waals surface area contributed by atoms with E-state index < -0.39 is 5.41 Å². The van der Waals surface area contributed by atoms with Gasteiger partial charge in [0.1, 0.15) is 5.69 Å². The zero-order valence-electron chi connectivity index (χ0n) is 14.8. The van der Waals surface area contributed by atoms with E-state index in [1.165, 1.54) is 10.7 Å². The van der Waals surface area contributed by atoms with Crippen molar-refractivity contribution in [2.75, 3.05) is 16.8 Å². The lowest BCUT2D eigenvalue weighted by Crippen LogP contribution is -2.32. The first-order valence-corrected chi connectivity index (χ1v) is 8.32. The molecule has 0 aliphatic carbocycles. The van der Waals surface area contributed by atoms with Gasteiger partial charge >= 0.3 is 0 Å². The van der Waals surface area contributed by atoms with E-state index in [9.17, 15) is 9.59 Å². The zero-order chi connectivity index (χ0) is 18.5. The fraction of sp³-hybridized carbons (Fsp3) is 0.353. The van der Waals surface area contributed by atoms with Gasteiger partial charge in [-0.25, -0.2) is 9.50 Å². The Labute approximate surface area is 149 Å². The number of hydrogen-bond donors (Lipinski definition) is 1. The molecule has 4 rings (SSSR count). The summed E-state index contributed by atoms with van der Waals surface area (Å²) in [5, 5.41) is 11.4. The minimum Gasteiger partial charge on any atom is -0.316 e. The number of carbonyl (C=O) groups excluding carboxylic acids is 2. The monoisotopic (exact) mass is 353 g/mol. The Morgan fingerprint density at radius 2 is 2.15 bits per heavy atom. The lowest BCUT2D eigenvalue weighted by Gasteiger charge is -2.18. The molecule has 26 heavy (non-hydrogen) atoms. The molecule has 134 valence electrons. The molecule has 0 unspecified atom stereocenters. The third kappa shape index (κ3) is 2.52.